The number of carbonyl (C=O) groups excluding carboxylic acids is 3. The third kappa shape index (κ3) is 4.22. The number of hydrogen-bond donors (Lipinski definition) is 6. The average Bonchev–Trinajstić information content (AvgIpc) is 2.89. The van der Waals surface area contributed by atoms with Gasteiger partial charge in [-0.25, -0.2) is 0 Å². The Hall–Kier alpha value is -4.37. The second-order valence-electron chi connectivity index (χ2n) is 11.6. The number of allylic oxidation sites excluding steroid dienone is 1. The molecule has 1 amide bonds. The van der Waals surface area contributed by atoms with Gasteiger partial charge in [-0.05, 0) is 62.7 Å². The SMILES string of the molecule is CN(C)c1cc(C#Cc2cccc(O)c2)c(O)c2c1C[C@H]1C[C@H]3[C@H](N(C)C)C(O)C(C(N)=O)C(=O)[C@@]3(O)C(O)=C1C2=O. The van der Waals surface area contributed by atoms with Crippen LogP contribution >= 0.6 is 0 Å². The summed E-state index contributed by atoms with van der Waals surface area (Å²) in [5, 5.41) is 55.4. The van der Waals surface area contributed by atoms with E-state index >= 15 is 0 Å². The number of aromatic hydroxyl groups is 2. The van der Waals surface area contributed by atoms with E-state index in [0.29, 0.717) is 16.8 Å². The molecule has 0 heterocycles. The summed E-state index contributed by atoms with van der Waals surface area (Å²) in [6.45, 7) is 0. The van der Waals surface area contributed by atoms with Gasteiger partial charge in [-0.15, -0.1) is 0 Å². The maximum absolute atomic E-state index is 14.1. The quantitative estimate of drug-likeness (QED) is 0.222. The zero-order chi connectivity index (χ0) is 30.8. The Labute approximate surface area is 242 Å². The van der Waals surface area contributed by atoms with Crippen LogP contribution in [-0.4, -0.2) is 93.8 Å². The number of hydrogen-bond acceptors (Lipinski definition) is 10. The summed E-state index contributed by atoms with van der Waals surface area (Å²) < 4.78 is 0. The Morgan fingerprint density at radius 2 is 1.76 bits per heavy atom. The number of aliphatic hydroxyl groups is 3. The second-order valence-corrected chi connectivity index (χ2v) is 11.6. The van der Waals surface area contributed by atoms with Crippen LogP contribution in [0, 0.1) is 29.6 Å². The fraction of sp³-hybridized carbons (Fsp3) is 0.387. The number of benzene rings is 2. The molecule has 0 spiro atoms. The molecule has 3 aliphatic rings. The van der Waals surface area contributed by atoms with Gasteiger partial charge in [-0.2, -0.15) is 0 Å². The van der Waals surface area contributed by atoms with Crippen molar-refractivity contribution in [2.24, 2.45) is 23.5 Å². The average molecular weight is 576 g/mol. The molecule has 2 unspecified atom stereocenters. The Kier molecular flexibility index (Phi) is 7.05. The molecule has 6 atom stereocenters. The number of aliphatic hydroxyl groups excluding tert-OH is 2. The van der Waals surface area contributed by atoms with E-state index in [4.69, 9.17) is 5.73 Å². The molecule has 0 aromatic heterocycles. The van der Waals surface area contributed by atoms with E-state index in [-0.39, 0.29) is 35.3 Å². The molecule has 7 N–H and O–H groups in total. The number of anilines is 1. The van der Waals surface area contributed by atoms with Gasteiger partial charge in [0, 0.05) is 42.9 Å². The predicted molar refractivity (Wildman–Crippen MR) is 152 cm³/mol. The number of primary amides is 1. The van der Waals surface area contributed by atoms with Crippen LogP contribution in [0.4, 0.5) is 5.69 Å². The maximum Gasteiger partial charge on any atom is 0.230 e. The highest BCUT2D eigenvalue weighted by atomic mass is 16.4. The summed E-state index contributed by atoms with van der Waals surface area (Å²) in [4.78, 5) is 43.2. The van der Waals surface area contributed by atoms with Crippen molar-refractivity contribution < 1.29 is 39.9 Å². The van der Waals surface area contributed by atoms with Crippen LogP contribution in [0.25, 0.3) is 0 Å². The topological polar surface area (TPSA) is 185 Å². The number of phenolic OH excluding ortho intramolecular Hbond substituents is 2. The van der Waals surface area contributed by atoms with Gasteiger partial charge in [-0.3, -0.25) is 14.4 Å². The summed E-state index contributed by atoms with van der Waals surface area (Å²) in [6.07, 6.45) is -1.33. The van der Waals surface area contributed by atoms with Crippen LogP contribution in [-0.2, 0) is 16.0 Å². The van der Waals surface area contributed by atoms with Crippen molar-refractivity contribution in [2.75, 3.05) is 33.1 Å². The lowest BCUT2D eigenvalue weighted by Gasteiger charge is -2.53. The molecule has 0 saturated heterocycles. The smallest absolute Gasteiger partial charge is 0.230 e. The van der Waals surface area contributed by atoms with Crippen molar-refractivity contribution in [1.82, 2.24) is 4.90 Å². The first-order chi connectivity index (χ1) is 19.7. The Morgan fingerprint density at radius 1 is 1.07 bits per heavy atom. The van der Waals surface area contributed by atoms with Crippen molar-refractivity contribution in [1.29, 1.82) is 0 Å². The van der Waals surface area contributed by atoms with E-state index in [9.17, 15) is 39.9 Å². The van der Waals surface area contributed by atoms with Crippen molar-refractivity contribution in [3.63, 3.8) is 0 Å². The number of ketones is 2. The largest absolute Gasteiger partial charge is 0.508 e. The van der Waals surface area contributed by atoms with Crippen molar-refractivity contribution in [2.45, 2.75) is 30.6 Å². The summed E-state index contributed by atoms with van der Waals surface area (Å²) in [7, 11) is 6.77. The Morgan fingerprint density at radius 3 is 2.36 bits per heavy atom. The molecule has 5 rings (SSSR count). The third-order valence-corrected chi connectivity index (χ3v) is 8.74. The molecule has 220 valence electrons. The first kappa shape index (κ1) is 29.1. The van der Waals surface area contributed by atoms with Crippen LogP contribution in [0.1, 0.15) is 33.5 Å². The minimum absolute atomic E-state index is 0.0162. The second kappa shape index (κ2) is 10.2. The fourth-order valence-electron chi connectivity index (χ4n) is 6.87. The number of nitrogens with zero attached hydrogens (tertiary/aromatic N) is 2. The summed E-state index contributed by atoms with van der Waals surface area (Å²) >= 11 is 0. The summed E-state index contributed by atoms with van der Waals surface area (Å²) in [6, 6.07) is 6.94. The van der Waals surface area contributed by atoms with Gasteiger partial charge in [0.25, 0.3) is 0 Å². The highest BCUT2D eigenvalue weighted by molar-refractivity contribution is 6.16. The molecule has 1 saturated carbocycles. The number of phenols is 2. The van der Waals surface area contributed by atoms with E-state index in [0.717, 1.165) is 0 Å². The molecule has 2 aromatic rings. The maximum atomic E-state index is 14.1. The van der Waals surface area contributed by atoms with Gasteiger partial charge in [0.1, 0.15) is 23.2 Å². The van der Waals surface area contributed by atoms with Crippen LogP contribution in [0.5, 0.6) is 11.5 Å². The normalized spacial score (nSPS) is 28.4. The Balaban J connectivity index is 1.70. The molecular formula is C31H33N3O8. The number of rotatable bonds is 3. The number of carbonyl (C=O) groups is 3. The van der Waals surface area contributed by atoms with E-state index in [2.05, 4.69) is 11.8 Å². The zero-order valence-corrected chi connectivity index (χ0v) is 23.6. The number of nitrogens with two attached hydrogens (primary N) is 1. The highest BCUT2D eigenvalue weighted by Crippen LogP contribution is 2.53. The standard InChI is InChI=1S/C31H33N3O8/c1-33(2)20-13-15(9-8-14-6-5-7-17(35)10-14)25(36)22-18(20)11-16-12-19-24(34(3)4)27(38)23(30(32)41)29(40)31(19,42)28(39)21(16)26(22)37/h5-7,10,13,16,19,23-24,27,35-36,38-39,42H,11-12H2,1-4H3,(H2,32,41)/t16-,19-,23?,24-,27?,31-/m0/s1. The molecule has 0 aliphatic heterocycles. The first-order valence-electron chi connectivity index (χ1n) is 13.5. The van der Waals surface area contributed by atoms with E-state index < -0.39 is 64.5 Å². The monoisotopic (exact) mass is 575 g/mol. The van der Waals surface area contributed by atoms with Gasteiger partial charge in [0.05, 0.1) is 17.2 Å². The van der Waals surface area contributed by atoms with Crippen molar-refractivity contribution >= 4 is 23.2 Å². The fourth-order valence-corrected chi connectivity index (χ4v) is 6.87. The Bertz CT molecular complexity index is 1620. The number of likely N-dealkylation sites (N-methyl/N-ethyl adjacent to an activating group) is 1. The van der Waals surface area contributed by atoms with Crippen molar-refractivity contribution in [3.05, 3.63) is 63.9 Å². The van der Waals surface area contributed by atoms with Crippen LogP contribution in [0.3, 0.4) is 0 Å². The number of amides is 1. The number of fused-ring (bicyclic) bond motifs is 3. The molecule has 0 radical (unpaired) electrons. The lowest BCUT2D eigenvalue weighted by atomic mass is 9.56. The van der Waals surface area contributed by atoms with Gasteiger partial charge in [-0.1, -0.05) is 17.9 Å². The minimum atomic E-state index is -2.65. The third-order valence-electron chi connectivity index (χ3n) is 8.74. The minimum Gasteiger partial charge on any atom is -0.508 e. The summed E-state index contributed by atoms with van der Waals surface area (Å²) in [5.74, 6) is -2.22. The van der Waals surface area contributed by atoms with Gasteiger partial charge in [0.15, 0.2) is 17.2 Å². The van der Waals surface area contributed by atoms with E-state index in [1.165, 1.54) is 12.1 Å². The molecule has 2 aromatic carbocycles. The molecule has 1 fully saturated rings. The van der Waals surface area contributed by atoms with Crippen molar-refractivity contribution in [3.8, 4) is 23.3 Å². The first-order valence-corrected chi connectivity index (χ1v) is 13.5. The zero-order valence-electron chi connectivity index (χ0n) is 23.6. The molecule has 0 bridgehead atoms. The lowest BCUT2D eigenvalue weighted by Crippen LogP contribution is -2.71. The molecule has 11 nitrogen and oxygen atoms in total. The van der Waals surface area contributed by atoms with Crippen LogP contribution < -0.4 is 10.6 Å². The van der Waals surface area contributed by atoms with Gasteiger partial charge >= 0.3 is 0 Å². The van der Waals surface area contributed by atoms with E-state index in [1.807, 2.05) is 0 Å². The van der Waals surface area contributed by atoms with Gasteiger partial charge in [0.2, 0.25) is 5.91 Å². The van der Waals surface area contributed by atoms with Gasteiger partial charge < -0.3 is 41.1 Å². The number of Topliss-reactive ketones (excluding diaryl/α,β-unsaturated/α-hetero) is 2. The van der Waals surface area contributed by atoms with Crippen LogP contribution in [0.2, 0.25) is 0 Å². The van der Waals surface area contributed by atoms with Crippen LogP contribution in [0.15, 0.2) is 41.7 Å². The van der Waals surface area contributed by atoms with E-state index in [1.54, 1.807) is 56.2 Å². The molecule has 11 heteroatoms. The molecule has 3 aliphatic carbocycles. The molecule has 42 heavy (non-hydrogen) atoms. The highest BCUT2D eigenvalue weighted by Gasteiger charge is 2.66. The molecular weight excluding hydrogens is 542 g/mol. The summed E-state index contributed by atoms with van der Waals surface area (Å²) in [5.41, 5.74) is 4.16. The predicted octanol–water partition coefficient (Wildman–Crippen LogP) is 0.457. The lowest BCUT2D eigenvalue weighted by molar-refractivity contribution is -0.178.